The van der Waals surface area contributed by atoms with Crippen molar-refractivity contribution in [2.75, 3.05) is 38.3 Å². The molecular formula is C16H23N3O. The molecule has 0 bridgehead atoms. The molecule has 1 heterocycles. The standard InChI is InChI=1S/C16H23N3O/c1-3-18-10-13-4-5-16(15(8-13)9-17)19-7-6-14(11-19)12-20-2/h4-5,8,14,18H,3,6-7,10-12H2,1-2H3. The Hall–Kier alpha value is -1.57. The van der Waals surface area contributed by atoms with E-state index in [1.807, 2.05) is 6.07 Å². The maximum Gasteiger partial charge on any atom is 0.101 e. The number of benzene rings is 1. The Labute approximate surface area is 121 Å². The van der Waals surface area contributed by atoms with E-state index >= 15 is 0 Å². The van der Waals surface area contributed by atoms with E-state index in [0.29, 0.717) is 5.92 Å². The Bertz CT molecular complexity index is 481. The first-order valence-corrected chi connectivity index (χ1v) is 7.26. The highest BCUT2D eigenvalue weighted by molar-refractivity contribution is 5.61. The molecule has 108 valence electrons. The van der Waals surface area contributed by atoms with Crippen molar-refractivity contribution in [3.8, 4) is 6.07 Å². The number of nitrogens with zero attached hydrogens (tertiary/aromatic N) is 2. The predicted octanol–water partition coefficient (Wildman–Crippen LogP) is 2.14. The molecule has 0 spiro atoms. The van der Waals surface area contributed by atoms with Gasteiger partial charge in [0.2, 0.25) is 0 Å². The van der Waals surface area contributed by atoms with Crippen LogP contribution in [0.15, 0.2) is 18.2 Å². The zero-order valence-corrected chi connectivity index (χ0v) is 12.4. The summed E-state index contributed by atoms with van der Waals surface area (Å²) in [5.41, 5.74) is 3.00. The third-order valence-electron chi connectivity index (χ3n) is 3.79. The van der Waals surface area contributed by atoms with Crippen molar-refractivity contribution in [1.82, 2.24) is 5.32 Å². The van der Waals surface area contributed by atoms with E-state index in [-0.39, 0.29) is 0 Å². The van der Waals surface area contributed by atoms with E-state index in [4.69, 9.17) is 4.74 Å². The van der Waals surface area contributed by atoms with Crippen LogP contribution in [0.1, 0.15) is 24.5 Å². The highest BCUT2D eigenvalue weighted by Crippen LogP contribution is 2.27. The summed E-state index contributed by atoms with van der Waals surface area (Å²) < 4.78 is 5.23. The first-order valence-electron chi connectivity index (χ1n) is 7.26. The minimum absolute atomic E-state index is 0.577. The van der Waals surface area contributed by atoms with Crippen LogP contribution in [-0.2, 0) is 11.3 Å². The van der Waals surface area contributed by atoms with Crippen LogP contribution in [0.3, 0.4) is 0 Å². The quantitative estimate of drug-likeness (QED) is 0.862. The van der Waals surface area contributed by atoms with Gasteiger partial charge in [0.1, 0.15) is 6.07 Å². The number of ether oxygens (including phenoxy) is 1. The number of methoxy groups -OCH3 is 1. The highest BCUT2D eigenvalue weighted by atomic mass is 16.5. The number of nitriles is 1. The van der Waals surface area contributed by atoms with Gasteiger partial charge < -0.3 is 15.0 Å². The molecule has 1 aromatic carbocycles. The Kier molecular flexibility index (Phi) is 5.40. The van der Waals surface area contributed by atoms with E-state index in [1.54, 1.807) is 7.11 Å². The second-order valence-corrected chi connectivity index (χ2v) is 5.30. The Balaban J connectivity index is 2.10. The average Bonchev–Trinajstić information content (AvgIpc) is 2.93. The third-order valence-corrected chi connectivity index (χ3v) is 3.79. The fourth-order valence-electron chi connectivity index (χ4n) is 2.75. The highest BCUT2D eigenvalue weighted by Gasteiger charge is 2.24. The summed E-state index contributed by atoms with van der Waals surface area (Å²) in [5, 5.41) is 12.7. The molecule has 1 unspecified atom stereocenters. The molecule has 1 fully saturated rings. The molecule has 1 aromatic rings. The average molecular weight is 273 g/mol. The topological polar surface area (TPSA) is 48.3 Å². The molecule has 1 N–H and O–H groups in total. The molecule has 0 aromatic heterocycles. The summed E-state index contributed by atoms with van der Waals surface area (Å²) in [7, 11) is 1.75. The SMILES string of the molecule is CCNCc1ccc(N2CCC(COC)C2)c(C#N)c1. The van der Waals surface area contributed by atoms with Gasteiger partial charge in [0.15, 0.2) is 0 Å². The van der Waals surface area contributed by atoms with Crippen LogP contribution in [-0.4, -0.2) is 33.4 Å². The van der Waals surface area contributed by atoms with Crippen LogP contribution in [0.2, 0.25) is 0 Å². The van der Waals surface area contributed by atoms with Crippen LogP contribution >= 0.6 is 0 Å². The minimum atomic E-state index is 0.577. The summed E-state index contributed by atoms with van der Waals surface area (Å²) >= 11 is 0. The minimum Gasteiger partial charge on any atom is -0.384 e. The van der Waals surface area contributed by atoms with Crippen LogP contribution in [0.25, 0.3) is 0 Å². The van der Waals surface area contributed by atoms with Crippen molar-refractivity contribution < 1.29 is 4.74 Å². The fraction of sp³-hybridized carbons (Fsp3) is 0.562. The van der Waals surface area contributed by atoms with E-state index in [0.717, 1.165) is 50.5 Å². The lowest BCUT2D eigenvalue weighted by Gasteiger charge is -2.20. The molecule has 0 radical (unpaired) electrons. The van der Waals surface area contributed by atoms with Crippen molar-refractivity contribution in [3.63, 3.8) is 0 Å². The van der Waals surface area contributed by atoms with Gasteiger partial charge in [-0.15, -0.1) is 0 Å². The van der Waals surface area contributed by atoms with Crippen molar-refractivity contribution in [2.24, 2.45) is 5.92 Å². The summed E-state index contributed by atoms with van der Waals surface area (Å²) in [6.45, 7) is 6.63. The number of rotatable bonds is 6. The van der Waals surface area contributed by atoms with Crippen molar-refractivity contribution in [3.05, 3.63) is 29.3 Å². The number of nitrogens with one attached hydrogen (secondary N) is 1. The molecule has 20 heavy (non-hydrogen) atoms. The summed E-state index contributed by atoms with van der Waals surface area (Å²) in [4.78, 5) is 2.30. The van der Waals surface area contributed by atoms with Crippen LogP contribution in [0, 0.1) is 17.2 Å². The summed E-state index contributed by atoms with van der Waals surface area (Å²) in [6, 6.07) is 8.53. The lowest BCUT2D eigenvalue weighted by atomic mass is 10.1. The van der Waals surface area contributed by atoms with Crippen molar-refractivity contribution in [1.29, 1.82) is 5.26 Å². The molecule has 1 atom stereocenters. The van der Waals surface area contributed by atoms with Crippen molar-refractivity contribution >= 4 is 5.69 Å². The Morgan fingerprint density at radius 2 is 2.35 bits per heavy atom. The van der Waals surface area contributed by atoms with E-state index in [9.17, 15) is 5.26 Å². The Morgan fingerprint density at radius 3 is 3.05 bits per heavy atom. The van der Waals surface area contributed by atoms with Gasteiger partial charge in [0.25, 0.3) is 0 Å². The van der Waals surface area contributed by atoms with E-state index in [2.05, 4.69) is 35.3 Å². The normalized spacial score (nSPS) is 18.2. The van der Waals surface area contributed by atoms with Crippen LogP contribution < -0.4 is 10.2 Å². The van der Waals surface area contributed by atoms with Crippen LogP contribution in [0.5, 0.6) is 0 Å². The lowest BCUT2D eigenvalue weighted by Crippen LogP contribution is -2.22. The molecule has 1 aliphatic rings. The zero-order chi connectivity index (χ0) is 14.4. The molecule has 1 saturated heterocycles. The number of hydrogen-bond donors (Lipinski definition) is 1. The van der Waals surface area contributed by atoms with Gasteiger partial charge in [-0.3, -0.25) is 0 Å². The van der Waals surface area contributed by atoms with Gasteiger partial charge in [-0.2, -0.15) is 5.26 Å². The fourth-order valence-corrected chi connectivity index (χ4v) is 2.75. The second kappa shape index (κ2) is 7.28. The molecule has 4 nitrogen and oxygen atoms in total. The molecule has 0 aliphatic carbocycles. The number of anilines is 1. The summed E-state index contributed by atoms with van der Waals surface area (Å²) in [6.07, 6.45) is 1.14. The summed E-state index contributed by atoms with van der Waals surface area (Å²) in [5.74, 6) is 0.577. The lowest BCUT2D eigenvalue weighted by molar-refractivity contribution is 0.161. The maximum atomic E-state index is 9.38. The molecule has 0 amide bonds. The molecule has 0 saturated carbocycles. The first-order chi connectivity index (χ1) is 9.78. The van der Waals surface area contributed by atoms with Gasteiger partial charge in [0, 0.05) is 32.7 Å². The van der Waals surface area contributed by atoms with Crippen molar-refractivity contribution in [2.45, 2.75) is 19.9 Å². The maximum absolute atomic E-state index is 9.38. The molecule has 2 rings (SSSR count). The van der Waals surface area contributed by atoms with E-state index in [1.165, 1.54) is 5.56 Å². The largest absolute Gasteiger partial charge is 0.384 e. The molecular weight excluding hydrogens is 250 g/mol. The zero-order valence-electron chi connectivity index (χ0n) is 12.4. The van der Waals surface area contributed by atoms with Gasteiger partial charge in [-0.05, 0) is 30.7 Å². The van der Waals surface area contributed by atoms with Gasteiger partial charge in [0.05, 0.1) is 17.9 Å². The van der Waals surface area contributed by atoms with Crippen LogP contribution in [0.4, 0.5) is 5.69 Å². The number of hydrogen-bond acceptors (Lipinski definition) is 4. The van der Waals surface area contributed by atoms with Gasteiger partial charge in [-0.25, -0.2) is 0 Å². The second-order valence-electron chi connectivity index (χ2n) is 5.30. The van der Waals surface area contributed by atoms with Gasteiger partial charge >= 0.3 is 0 Å². The first kappa shape index (κ1) is 14.8. The Morgan fingerprint density at radius 1 is 1.50 bits per heavy atom. The smallest absolute Gasteiger partial charge is 0.101 e. The van der Waals surface area contributed by atoms with Gasteiger partial charge in [-0.1, -0.05) is 13.0 Å². The third kappa shape index (κ3) is 3.50. The molecule has 4 heteroatoms. The van der Waals surface area contributed by atoms with E-state index < -0.39 is 0 Å². The monoisotopic (exact) mass is 273 g/mol. The predicted molar refractivity (Wildman–Crippen MR) is 80.7 cm³/mol. The molecule has 1 aliphatic heterocycles.